The van der Waals surface area contributed by atoms with Crippen LogP contribution in [-0.4, -0.2) is 24.9 Å². The van der Waals surface area contributed by atoms with Gasteiger partial charge in [-0.3, -0.25) is 9.59 Å². The van der Waals surface area contributed by atoms with Gasteiger partial charge < -0.3 is 4.74 Å². The Labute approximate surface area is 156 Å². The van der Waals surface area contributed by atoms with Gasteiger partial charge in [0.2, 0.25) is 11.8 Å². The molecule has 1 saturated heterocycles. The third-order valence-electron chi connectivity index (χ3n) is 5.61. The average Bonchev–Trinajstić information content (AvgIpc) is 3.25. The van der Waals surface area contributed by atoms with E-state index >= 15 is 0 Å². The molecule has 2 aliphatic carbocycles. The van der Waals surface area contributed by atoms with Gasteiger partial charge in [0.25, 0.3) is 0 Å². The summed E-state index contributed by atoms with van der Waals surface area (Å²) in [6.45, 7) is 4.05. The van der Waals surface area contributed by atoms with Crippen molar-refractivity contribution in [1.82, 2.24) is 0 Å². The fourth-order valence-corrected chi connectivity index (χ4v) is 4.80. The third-order valence-corrected chi connectivity index (χ3v) is 5.94. The summed E-state index contributed by atoms with van der Waals surface area (Å²) in [4.78, 5) is 39.3. The van der Waals surface area contributed by atoms with E-state index in [4.69, 9.17) is 16.3 Å². The van der Waals surface area contributed by atoms with Crippen molar-refractivity contribution < 1.29 is 19.1 Å². The van der Waals surface area contributed by atoms with Crippen LogP contribution in [0.4, 0.5) is 5.69 Å². The number of ether oxygens (including phenoxy) is 1. The minimum absolute atomic E-state index is 0.0103. The van der Waals surface area contributed by atoms with Gasteiger partial charge in [-0.1, -0.05) is 34.9 Å². The van der Waals surface area contributed by atoms with E-state index in [-0.39, 0.29) is 46.1 Å². The minimum Gasteiger partial charge on any atom is -0.465 e. The van der Waals surface area contributed by atoms with E-state index in [0.717, 1.165) is 0 Å². The van der Waals surface area contributed by atoms with Crippen LogP contribution in [0.2, 0.25) is 5.02 Å². The molecule has 2 amide bonds. The summed E-state index contributed by atoms with van der Waals surface area (Å²) in [5.41, 5.74) is 2.87. The molecule has 2 fully saturated rings. The van der Waals surface area contributed by atoms with Gasteiger partial charge in [0.05, 0.1) is 35.2 Å². The highest BCUT2D eigenvalue weighted by atomic mass is 35.5. The normalized spacial score (nSPS) is 28.8. The summed E-state index contributed by atoms with van der Waals surface area (Å²) in [6, 6.07) is 4.54. The first-order valence-corrected chi connectivity index (χ1v) is 8.86. The summed E-state index contributed by atoms with van der Waals surface area (Å²) >= 11 is 6.05. The molecule has 1 aromatic rings. The van der Waals surface area contributed by atoms with Crippen LogP contribution in [-0.2, 0) is 14.3 Å². The van der Waals surface area contributed by atoms with Gasteiger partial charge >= 0.3 is 5.97 Å². The SMILES string of the molecule is COC(=O)c1cc(N2C(=O)[C@@H]3C4C=CC(C4=C(C)C)[C@@H]3C2=O)ccc1Cl. The fraction of sp³-hybridized carbons (Fsp3) is 0.350. The van der Waals surface area contributed by atoms with Gasteiger partial charge in [0.15, 0.2) is 0 Å². The van der Waals surface area contributed by atoms with Crippen molar-refractivity contribution in [3.8, 4) is 0 Å². The number of fused-ring (bicyclic) bond motifs is 5. The number of benzene rings is 1. The standard InChI is InChI=1S/C20H18ClNO4/c1-9(2)15-11-5-6-12(15)17-16(11)18(23)22(19(17)24)10-4-7-14(21)13(8-10)20(25)26-3/h4-8,11-12,16-17H,1-3H3/t11?,12?,16-,17+. The molecule has 4 rings (SSSR count). The number of nitrogens with zero attached hydrogens (tertiary/aromatic N) is 1. The number of methoxy groups -OCH3 is 1. The molecule has 0 aromatic heterocycles. The first-order chi connectivity index (χ1) is 12.4. The highest BCUT2D eigenvalue weighted by molar-refractivity contribution is 6.34. The summed E-state index contributed by atoms with van der Waals surface area (Å²) in [6.07, 6.45) is 4.09. The van der Waals surface area contributed by atoms with Crippen LogP contribution in [0.3, 0.4) is 0 Å². The largest absolute Gasteiger partial charge is 0.465 e. The molecule has 0 radical (unpaired) electrons. The van der Waals surface area contributed by atoms with Gasteiger partial charge in [0, 0.05) is 11.8 Å². The topological polar surface area (TPSA) is 63.7 Å². The summed E-state index contributed by atoms with van der Waals surface area (Å²) in [5, 5.41) is 0.216. The van der Waals surface area contributed by atoms with Crippen LogP contribution in [0.15, 0.2) is 41.5 Å². The van der Waals surface area contributed by atoms with Crippen molar-refractivity contribution in [3.63, 3.8) is 0 Å². The molecule has 3 aliphatic rings. The monoisotopic (exact) mass is 371 g/mol. The van der Waals surface area contributed by atoms with Gasteiger partial charge in [-0.15, -0.1) is 0 Å². The zero-order chi connectivity index (χ0) is 18.7. The molecule has 5 nitrogen and oxygen atoms in total. The number of allylic oxidation sites excluding steroid dienone is 4. The maximum Gasteiger partial charge on any atom is 0.339 e. The van der Waals surface area contributed by atoms with E-state index in [1.54, 1.807) is 6.07 Å². The van der Waals surface area contributed by atoms with E-state index in [2.05, 4.69) is 0 Å². The van der Waals surface area contributed by atoms with Gasteiger partial charge in [-0.25, -0.2) is 9.69 Å². The molecule has 1 heterocycles. The number of hydrogen-bond acceptors (Lipinski definition) is 4. The molecule has 6 heteroatoms. The number of halogens is 1. The first-order valence-electron chi connectivity index (χ1n) is 8.48. The van der Waals surface area contributed by atoms with Crippen molar-refractivity contribution in [2.75, 3.05) is 12.0 Å². The predicted octanol–water partition coefficient (Wildman–Crippen LogP) is 3.38. The van der Waals surface area contributed by atoms with E-state index < -0.39 is 5.97 Å². The quantitative estimate of drug-likeness (QED) is 0.454. The average molecular weight is 372 g/mol. The lowest BCUT2D eigenvalue weighted by Gasteiger charge is -2.20. The second kappa shape index (κ2) is 5.81. The molecule has 1 aromatic carbocycles. The molecule has 2 unspecified atom stereocenters. The number of anilines is 1. The fourth-order valence-electron chi connectivity index (χ4n) is 4.60. The van der Waals surface area contributed by atoms with Crippen molar-refractivity contribution in [1.29, 1.82) is 0 Å². The molecule has 134 valence electrons. The zero-order valence-corrected chi connectivity index (χ0v) is 15.4. The summed E-state index contributed by atoms with van der Waals surface area (Å²) in [5.74, 6) is -1.78. The Morgan fingerprint density at radius 1 is 1.08 bits per heavy atom. The molecular weight excluding hydrogens is 354 g/mol. The van der Waals surface area contributed by atoms with E-state index in [0.29, 0.717) is 5.69 Å². The van der Waals surface area contributed by atoms with Crippen LogP contribution in [0.5, 0.6) is 0 Å². The van der Waals surface area contributed by atoms with Gasteiger partial charge in [-0.05, 0) is 32.0 Å². The van der Waals surface area contributed by atoms with Crippen LogP contribution >= 0.6 is 11.6 Å². The number of esters is 1. The zero-order valence-electron chi connectivity index (χ0n) is 14.7. The van der Waals surface area contributed by atoms with E-state index in [1.807, 2.05) is 26.0 Å². The Kier molecular flexibility index (Phi) is 3.81. The van der Waals surface area contributed by atoms with Crippen LogP contribution in [0, 0.1) is 23.7 Å². The molecule has 0 spiro atoms. The van der Waals surface area contributed by atoms with Crippen LogP contribution in [0.1, 0.15) is 24.2 Å². The number of imide groups is 1. The molecule has 0 N–H and O–H groups in total. The Morgan fingerprint density at radius 2 is 1.65 bits per heavy atom. The molecule has 26 heavy (non-hydrogen) atoms. The minimum atomic E-state index is -0.607. The first kappa shape index (κ1) is 17.0. The summed E-state index contributed by atoms with van der Waals surface area (Å²) < 4.78 is 4.72. The number of hydrogen-bond donors (Lipinski definition) is 0. The Bertz CT molecular complexity index is 878. The molecular formula is C20H18ClNO4. The Balaban J connectivity index is 1.75. The Hall–Kier alpha value is -2.40. The third kappa shape index (κ3) is 2.13. The van der Waals surface area contributed by atoms with Gasteiger partial charge in [-0.2, -0.15) is 0 Å². The Morgan fingerprint density at radius 3 is 2.15 bits per heavy atom. The second-order valence-corrected chi connectivity index (χ2v) is 7.52. The lowest BCUT2D eigenvalue weighted by atomic mass is 9.85. The molecule has 4 atom stereocenters. The maximum atomic E-state index is 13.1. The molecule has 1 saturated carbocycles. The van der Waals surface area contributed by atoms with Crippen LogP contribution in [0.25, 0.3) is 0 Å². The second-order valence-electron chi connectivity index (χ2n) is 7.11. The predicted molar refractivity (Wildman–Crippen MR) is 96.8 cm³/mol. The number of carbonyl (C=O) groups excluding carboxylic acids is 3. The smallest absolute Gasteiger partial charge is 0.339 e. The highest BCUT2D eigenvalue weighted by Crippen LogP contribution is 2.57. The van der Waals surface area contributed by atoms with Crippen molar-refractivity contribution >= 4 is 35.1 Å². The maximum absolute atomic E-state index is 13.1. The van der Waals surface area contributed by atoms with Crippen molar-refractivity contribution in [2.45, 2.75) is 13.8 Å². The lowest BCUT2D eigenvalue weighted by Crippen LogP contribution is -2.33. The number of amides is 2. The van der Waals surface area contributed by atoms with Crippen molar-refractivity contribution in [2.24, 2.45) is 23.7 Å². The van der Waals surface area contributed by atoms with E-state index in [1.165, 1.54) is 35.3 Å². The van der Waals surface area contributed by atoms with Crippen molar-refractivity contribution in [3.05, 3.63) is 52.1 Å². The van der Waals surface area contributed by atoms with Gasteiger partial charge in [0.1, 0.15) is 0 Å². The van der Waals surface area contributed by atoms with Crippen LogP contribution < -0.4 is 4.90 Å². The molecule has 2 bridgehead atoms. The number of rotatable bonds is 2. The lowest BCUT2D eigenvalue weighted by molar-refractivity contribution is -0.122. The van der Waals surface area contributed by atoms with E-state index in [9.17, 15) is 14.4 Å². The number of carbonyl (C=O) groups is 3. The highest BCUT2D eigenvalue weighted by Gasteiger charge is 2.61. The molecule has 1 aliphatic heterocycles. The summed E-state index contributed by atoms with van der Waals surface area (Å²) in [7, 11) is 1.26.